The highest BCUT2D eigenvalue weighted by Gasteiger charge is 2.07. The molecule has 0 radical (unpaired) electrons. The Morgan fingerprint density at radius 2 is 1.86 bits per heavy atom. The van der Waals surface area contributed by atoms with Crippen molar-refractivity contribution in [2.45, 2.75) is 6.92 Å². The lowest BCUT2D eigenvalue weighted by molar-refractivity contribution is 0.101. The van der Waals surface area contributed by atoms with Crippen molar-refractivity contribution in [1.82, 2.24) is 9.97 Å². The molecule has 0 aliphatic rings. The van der Waals surface area contributed by atoms with Gasteiger partial charge >= 0.3 is 0 Å². The number of hydrogen-bond acceptors (Lipinski definition) is 4. The number of aromatic nitrogens is 2. The molecule has 0 atom stereocenters. The van der Waals surface area contributed by atoms with Crippen LogP contribution >= 0.6 is 0 Å². The molecule has 1 heterocycles. The van der Waals surface area contributed by atoms with Gasteiger partial charge in [0.15, 0.2) is 5.78 Å². The van der Waals surface area contributed by atoms with Crippen LogP contribution in [-0.2, 0) is 0 Å². The summed E-state index contributed by atoms with van der Waals surface area (Å²) in [4.78, 5) is 30.3. The fraction of sp³-hybridized carbons (Fsp3) is 0.0625. The third-order valence-corrected chi connectivity index (χ3v) is 3.25. The molecule has 21 heavy (non-hydrogen) atoms. The zero-order valence-corrected chi connectivity index (χ0v) is 11.3. The van der Waals surface area contributed by atoms with Gasteiger partial charge in [-0.05, 0) is 25.1 Å². The summed E-state index contributed by atoms with van der Waals surface area (Å²) in [6.45, 7) is 1.50. The summed E-state index contributed by atoms with van der Waals surface area (Å²) >= 11 is 0. The van der Waals surface area contributed by atoms with Gasteiger partial charge in [0.2, 0.25) is 0 Å². The molecule has 0 amide bonds. The van der Waals surface area contributed by atoms with Crippen LogP contribution in [0.1, 0.15) is 17.3 Å². The van der Waals surface area contributed by atoms with E-state index in [9.17, 15) is 14.7 Å². The summed E-state index contributed by atoms with van der Waals surface area (Å²) in [5.41, 5.74) is 1.50. The third-order valence-electron chi connectivity index (χ3n) is 3.25. The molecule has 0 fully saturated rings. The molecule has 0 saturated carbocycles. The second-order valence-electron chi connectivity index (χ2n) is 4.75. The molecule has 0 saturated heterocycles. The average Bonchev–Trinajstić information content (AvgIpc) is 2.48. The van der Waals surface area contributed by atoms with Crippen LogP contribution in [0.25, 0.3) is 22.3 Å². The number of aromatic amines is 1. The SMILES string of the molecule is CC(=O)c1ccc(-c2nc3ccc(O)cc3c(=O)[nH]2)cc1. The minimum atomic E-state index is -0.318. The van der Waals surface area contributed by atoms with Gasteiger partial charge < -0.3 is 10.1 Å². The van der Waals surface area contributed by atoms with Crippen molar-refractivity contribution >= 4 is 16.7 Å². The van der Waals surface area contributed by atoms with Gasteiger partial charge in [0.1, 0.15) is 11.6 Å². The summed E-state index contributed by atoms with van der Waals surface area (Å²) < 4.78 is 0. The smallest absolute Gasteiger partial charge is 0.259 e. The van der Waals surface area contributed by atoms with Crippen LogP contribution in [0.5, 0.6) is 5.75 Å². The van der Waals surface area contributed by atoms with Gasteiger partial charge in [-0.1, -0.05) is 24.3 Å². The highest BCUT2D eigenvalue weighted by molar-refractivity contribution is 5.94. The summed E-state index contributed by atoms with van der Waals surface area (Å²) in [7, 11) is 0. The fourth-order valence-electron chi connectivity index (χ4n) is 2.13. The van der Waals surface area contributed by atoms with E-state index in [0.717, 1.165) is 0 Å². The average molecular weight is 280 g/mol. The number of carbonyl (C=O) groups is 1. The van der Waals surface area contributed by atoms with E-state index in [1.54, 1.807) is 30.3 Å². The number of benzene rings is 2. The summed E-state index contributed by atoms with van der Waals surface area (Å²) in [5.74, 6) is 0.429. The molecule has 104 valence electrons. The predicted octanol–water partition coefficient (Wildman–Crippen LogP) is 2.50. The first-order chi connectivity index (χ1) is 10.0. The predicted molar refractivity (Wildman–Crippen MR) is 79.5 cm³/mol. The van der Waals surface area contributed by atoms with Crippen LogP contribution in [-0.4, -0.2) is 20.9 Å². The fourth-order valence-corrected chi connectivity index (χ4v) is 2.13. The molecule has 2 N–H and O–H groups in total. The highest BCUT2D eigenvalue weighted by Crippen LogP contribution is 2.19. The van der Waals surface area contributed by atoms with Crippen LogP contribution in [0.15, 0.2) is 47.3 Å². The van der Waals surface area contributed by atoms with Crippen molar-refractivity contribution in [1.29, 1.82) is 0 Å². The molecule has 1 aromatic heterocycles. The van der Waals surface area contributed by atoms with Crippen LogP contribution < -0.4 is 5.56 Å². The molecular weight excluding hydrogens is 268 g/mol. The Hall–Kier alpha value is -2.95. The first-order valence-electron chi connectivity index (χ1n) is 6.39. The molecule has 0 unspecified atom stereocenters. The molecule has 2 aromatic carbocycles. The molecule has 0 aliphatic heterocycles. The van der Waals surface area contributed by atoms with Crippen molar-refractivity contribution in [2.24, 2.45) is 0 Å². The number of Topliss-reactive ketones (excluding diaryl/α,β-unsaturated/α-hetero) is 1. The standard InChI is InChI=1S/C16H12N2O3/c1-9(19)10-2-4-11(5-3-10)15-17-14-7-6-12(20)8-13(14)16(21)18-15/h2-8,20H,1H3,(H,17,18,21). The lowest BCUT2D eigenvalue weighted by Gasteiger charge is -2.04. The van der Waals surface area contributed by atoms with Gasteiger partial charge in [-0.25, -0.2) is 4.98 Å². The van der Waals surface area contributed by atoms with Crippen LogP contribution in [0, 0.1) is 0 Å². The maximum atomic E-state index is 12.0. The molecule has 3 rings (SSSR count). The summed E-state index contributed by atoms with van der Waals surface area (Å²) in [6, 6.07) is 11.3. The highest BCUT2D eigenvalue weighted by atomic mass is 16.3. The van der Waals surface area contributed by atoms with E-state index in [4.69, 9.17) is 0 Å². The normalized spacial score (nSPS) is 10.7. The molecule has 0 spiro atoms. The van der Waals surface area contributed by atoms with Crippen molar-refractivity contribution < 1.29 is 9.90 Å². The first-order valence-corrected chi connectivity index (χ1v) is 6.39. The lowest BCUT2D eigenvalue weighted by Crippen LogP contribution is -2.09. The zero-order chi connectivity index (χ0) is 15.0. The van der Waals surface area contributed by atoms with Crippen molar-refractivity contribution in [3.8, 4) is 17.1 Å². The van der Waals surface area contributed by atoms with E-state index < -0.39 is 0 Å². The van der Waals surface area contributed by atoms with E-state index in [2.05, 4.69) is 9.97 Å². The maximum Gasteiger partial charge on any atom is 0.259 e. The van der Waals surface area contributed by atoms with Crippen molar-refractivity contribution in [2.75, 3.05) is 0 Å². The van der Waals surface area contributed by atoms with Gasteiger partial charge in [0.25, 0.3) is 5.56 Å². The summed E-state index contributed by atoms with van der Waals surface area (Å²) in [6.07, 6.45) is 0. The number of phenols is 1. The number of ketones is 1. The van der Waals surface area contributed by atoms with Crippen LogP contribution in [0.3, 0.4) is 0 Å². The number of aromatic hydroxyl groups is 1. The van der Waals surface area contributed by atoms with Crippen LogP contribution in [0.4, 0.5) is 0 Å². The van der Waals surface area contributed by atoms with Gasteiger partial charge in [-0.3, -0.25) is 9.59 Å². The molecule has 5 nitrogen and oxygen atoms in total. The number of carbonyl (C=O) groups excluding carboxylic acids is 1. The third kappa shape index (κ3) is 2.41. The Kier molecular flexibility index (Phi) is 3.02. The second kappa shape index (κ2) is 4.86. The minimum absolute atomic E-state index is 0.0167. The van der Waals surface area contributed by atoms with Gasteiger partial charge in [0.05, 0.1) is 10.9 Å². The molecular formula is C16H12N2O3. The Morgan fingerprint density at radius 3 is 2.52 bits per heavy atom. The number of H-pyrrole nitrogens is 1. The first kappa shape index (κ1) is 13.1. The molecule has 3 aromatic rings. The van der Waals surface area contributed by atoms with Gasteiger partial charge in [-0.15, -0.1) is 0 Å². The second-order valence-corrected chi connectivity index (χ2v) is 4.75. The number of fused-ring (bicyclic) bond motifs is 1. The van der Waals surface area contributed by atoms with E-state index in [0.29, 0.717) is 27.9 Å². The van der Waals surface area contributed by atoms with Crippen LogP contribution in [0.2, 0.25) is 0 Å². The number of hydrogen-bond donors (Lipinski definition) is 2. The lowest BCUT2D eigenvalue weighted by atomic mass is 10.1. The molecule has 0 bridgehead atoms. The number of nitrogens with one attached hydrogen (secondary N) is 1. The Labute approximate surface area is 119 Å². The Bertz CT molecular complexity index is 896. The van der Waals surface area contributed by atoms with Crippen molar-refractivity contribution in [3.63, 3.8) is 0 Å². The molecule has 5 heteroatoms. The monoisotopic (exact) mass is 280 g/mol. The van der Waals surface area contributed by atoms with E-state index >= 15 is 0 Å². The maximum absolute atomic E-state index is 12.0. The number of nitrogens with zero attached hydrogens (tertiary/aromatic N) is 1. The van der Waals surface area contributed by atoms with E-state index in [1.807, 2.05) is 0 Å². The number of phenolic OH excluding ortho intramolecular Hbond substituents is 1. The van der Waals surface area contributed by atoms with Crippen molar-refractivity contribution in [3.05, 3.63) is 58.4 Å². The van der Waals surface area contributed by atoms with E-state index in [1.165, 1.54) is 19.1 Å². The summed E-state index contributed by atoms with van der Waals surface area (Å²) in [5, 5.41) is 9.74. The van der Waals surface area contributed by atoms with Gasteiger partial charge in [0, 0.05) is 11.1 Å². The van der Waals surface area contributed by atoms with Gasteiger partial charge in [-0.2, -0.15) is 0 Å². The Morgan fingerprint density at radius 1 is 1.14 bits per heavy atom. The quantitative estimate of drug-likeness (QED) is 0.706. The number of rotatable bonds is 2. The Balaban J connectivity index is 2.14. The minimum Gasteiger partial charge on any atom is -0.508 e. The zero-order valence-electron chi connectivity index (χ0n) is 11.3. The molecule has 0 aliphatic carbocycles. The topological polar surface area (TPSA) is 83.0 Å². The van der Waals surface area contributed by atoms with E-state index in [-0.39, 0.29) is 17.1 Å². The largest absolute Gasteiger partial charge is 0.508 e.